The minimum atomic E-state index is -1.02. The van der Waals surface area contributed by atoms with Crippen LogP contribution in [0.3, 0.4) is 0 Å². The Labute approximate surface area is 173 Å². The minimum absolute atomic E-state index is 0.152. The predicted molar refractivity (Wildman–Crippen MR) is 117 cm³/mol. The first-order valence-corrected chi connectivity index (χ1v) is 9.59. The summed E-state index contributed by atoms with van der Waals surface area (Å²) in [4.78, 5) is 21.8. The molecule has 1 aromatic heterocycles. The lowest BCUT2D eigenvalue weighted by Gasteiger charge is -2.17. The van der Waals surface area contributed by atoms with Gasteiger partial charge >= 0.3 is 5.97 Å². The quantitative estimate of drug-likeness (QED) is 0.458. The van der Waals surface area contributed by atoms with Crippen molar-refractivity contribution < 1.29 is 9.90 Å². The van der Waals surface area contributed by atoms with Gasteiger partial charge in [-0.25, -0.2) is 9.78 Å². The Kier molecular flexibility index (Phi) is 4.99. The molecule has 0 bridgehead atoms. The van der Waals surface area contributed by atoms with Crippen molar-refractivity contribution in [2.24, 2.45) is 0 Å². The van der Waals surface area contributed by atoms with E-state index >= 15 is 0 Å². The van der Waals surface area contributed by atoms with Crippen LogP contribution in [0.15, 0.2) is 60.7 Å². The van der Waals surface area contributed by atoms with Crippen LogP contribution in [0.4, 0.5) is 5.69 Å². The van der Waals surface area contributed by atoms with Gasteiger partial charge in [-0.3, -0.25) is 0 Å². The van der Waals surface area contributed by atoms with Gasteiger partial charge in [0.05, 0.1) is 17.6 Å². The first-order chi connectivity index (χ1) is 13.9. The summed E-state index contributed by atoms with van der Waals surface area (Å²) in [6.07, 6.45) is 0. The molecule has 6 heteroatoms. The van der Waals surface area contributed by atoms with Crippen LogP contribution in [0.25, 0.3) is 22.2 Å². The number of para-hydroxylation sites is 1. The number of hydrogen-bond donors (Lipinski definition) is 2. The number of nitrogens with one attached hydrogen (secondary N) is 1. The van der Waals surface area contributed by atoms with Crippen LogP contribution in [0, 0.1) is 6.92 Å². The maximum Gasteiger partial charge on any atom is 0.337 e. The lowest BCUT2D eigenvalue weighted by Crippen LogP contribution is -2.17. The Morgan fingerprint density at radius 1 is 1.14 bits per heavy atom. The van der Waals surface area contributed by atoms with Crippen LogP contribution in [0.5, 0.6) is 0 Å². The fraction of sp³-hybridized carbons (Fsp3) is 0.130. The highest BCUT2D eigenvalue weighted by Gasteiger charge is 2.17. The number of rotatable bonds is 5. The number of fused-ring (bicyclic) bond motifs is 1. The molecule has 0 aliphatic heterocycles. The van der Waals surface area contributed by atoms with Crippen molar-refractivity contribution >= 4 is 34.3 Å². The number of benzene rings is 3. The third kappa shape index (κ3) is 3.82. The van der Waals surface area contributed by atoms with E-state index in [-0.39, 0.29) is 5.56 Å². The molecule has 5 nitrogen and oxygen atoms in total. The van der Waals surface area contributed by atoms with E-state index in [2.05, 4.69) is 14.9 Å². The van der Waals surface area contributed by atoms with E-state index in [9.17, 15) is 9.90 Å². The third-order valence-corrected chi connectivity index (χ3v) is 5.20. The third-order valence-electron chi connectivity index (χ3n) is 4.89. The van der Waals surface area contributed by atoms with Crippen molar-refractivity contribution in [2.45, 2.75) is 13.5 Å². The summed E-state index contributed by atoms with van der Waals surface area (Å²) in [5.74, 6) is -0.324. The summed E-state index contributed by atoms with van der Waals surface area (Å²) in [7, 11) is 1.97. The molecule has 2 N–H and O–H groups in total. The summed E-state index contributed by atoms with van der Waals surface area (Å²) in [5, 5.41) is 10.3. The number of aromatic carboxylic acids is 1. The Balaban J connectivity index is 1.77. The number of anilines is 1. The van der Waals surface area contributed by atoms with E-state index in [0.717, 1.165) is 22.4 Å². The van der Waals surface area contributed by atoms with E-state index in [4.69, 9.17) is 11.6 Å². The molecule has 0 fully saturated rings. The maximum atomic E-state index is 11.9. The van der Waals surface area contributed by atoms with Crippen molar-refractivity contribution in [1.82, 2.24) is 9.97 Å². The number of nitrogens with zero attached hydrogens (tertiary/aromatic N) is 2. The molecule has 0 radical (unpaired) electrons. The number of carbonyl (C=O) groups is 1. The van der Waals surface area contributed by atoms with Crippen molar-refractivity contribution in [1.29, 1.82) is 0 Å². The zero-order valence-corrected chi connectivity index (χ0v) is 16.9. The number of aryl methyl sites for hydroxylation is 1. The topological polar surface area (TPSA) is 69.2 Å². The first-order valence-electron chi connectivity index (χ1n) is 9.21. The average Bonchev–Trinajstić information content (AvgIpc) is 3.09. The van der Waals surface area contributed by atoms with Gasteiger partial charge in [0.1, 0.15) is 11.3 Å². The lowest BCUT2D eigenvalue weighted by molar-refractivity contribution is 0.0699. The van der Waals surface area contributed by atoms with Gasteiger partial charge in [0.2, 0.25) is 0 Å². The Morgan fingerprint density at radius 2 is 1.90 bits per heavy atom. The maximum absolute atomic E-state index is 11.9. The number of H-pyrrole nitrogens is 1. The van der Waals surface area contributed by atoms with Gasteiger partial charge in [-0.05, 0) is 48.4 Å². The molecular formula is C23H20ClN3O2. The summed E-state index contributed by atoms with van der Waals surface area (Å²) >= 11 is 6.41. The second-order valence-corrected chi connectivity index (χ2v) is 7.49. The van der Waals surface area contributed by atoms with Crippen molar-refractivity contribution in [3.8, 4) is 11.1 Å². The summed E-state index contributed by atoms with van der Waals surface area (Å²) in [6, 6.07) is 19.2. The second kappa shape index (κ2) is 7.60. The van der Waals surface area contributed by atoms with Crippen molar-refractivity contribution in [3.05, 3.63) is 82.6 Å². The SMILES string of the molecule is Cc1ccc(-c2cc(C(=O)O)c3nc(CN(C)c4ccccc4)[nH]c3c2)c(Cl)c1. The molecule has 1 heterocycles. The monoisotopic (exact) mass is 405 g/mol. The molecule has 0 atom stereocenters. The van der Waals surface area contributed by atoms with E-state index < -0.39 is 5.97 Å². The number of aromatic amines is 1. The van der Waals surface area contributed by atoms with Gasteiger partial charge in [-0.2, -0.15) is 0 Å². The normalized spacial score (nSPS) is 11.0. The molecule has 0 saturated carbocycles. The van der Waals surface area contributed by atoms with E-state index in [1.807, 2.05) is 68.6 Å². The Hall–Kier alpha value is -3.31. The first kappa shape index (κ1) is 19.0. The summed E-state index contributed by atoms with van der Waals surface area (Å²) < 4.78 is 0. The predicted octanol–water partition coefficient (Wildman–Crippen LogP) is 5.53. The van der Waals surface area contributed by atoms with Gasteiger partial charge < -0.3 is 15.0 Å². The smallest absolute Gasteiger partial charge is 0.337 e. The van der Waals surface area contributed by atoms with E-state index in [1.54, 1.807) is 6.07 Å². The zero-order chi connectivity index (χ0) is 20.5. The van der Waals surface area contributed by atoms with Crippen LogP contribution in [-0.2, 0) is 6.54 Å². The van der Waals surface area contributed by atoms with Crippen LogP contribution in [-0.4, -0.2) is 28.1 Å². The minimum Gasteiger partial charge on any atom is -0.478 e. The molecule has 0 amide bonds. The molecule has 0 aliphatic rings. The van der Waals surface area contributed by atoms with Gasteiger partial charge in [0, 0.05) is 23.3 Å². The fourth-order valence-corrected chi connectivity index (χ4v) is 3.76. The molecule has 29 heavy (non-hydrogen) atoms. The second-order valence-electron chi connectivity index (χ2n) is 7.08. The molecule has 4 aromatic rings. The molecule has 0 unspecified atom stereocenters. The van der Waals surface area contributed by atoms with Crippen LogP contribution >= 0.6 is 11.6 Å². The average molecular weight is 406 g/mol. The molecule has 146 valence electrons. The highest BCUT2D eigenvalue weighted by Crippen LogP contribution is 2.32. The van der Waals surface area contributed by atoms with Crippen LogP contribution < -0.4 is 4.90 Å². The highest BCUT2D eigenvalue weighted by atomic mass is 35.5. The van der Waals surface area contributed by atoms with E-state index in [0.29, 0.717) is 28.4 Å². The number of carboxylic acid groups (broad SMARTS) is 1. The molecule has 0 spiro atoms. The van der Waals surface area contributed by atoms with E-state index in [1.165, 1.54) is 0 Å². The molecule has 0 aliphatic carbocycles. The summed E-state index contributed by atoms with van der Waals surface area (Å²) in [6.45, 7) is 2.49. The highest BCUT2D eigenvalue weighted by molar-refractivity contribution is 6.33. The van der Waals surface area contributed by atoms with Gasteiger partial charge in [-0.1, -0.05) is 41.9 Å². The molecule has 3 aromatic carbocycles. The van der Waals surface area contributed by atoms with Gasteiger partial charge in [-0.15, -0.1) is 0 Å². The molecule has 0 saturated heterocycles. The standard InChI is InChI=1S/C23H20ClN3O2/c1-14-8-9-17(19(24)10-14)15-11-18(23(28)29)22-20(12-15)25-21(26-22)13-27(2)16-6-4-3-5-7-16/h3-12H,13H2,1-2H3,(H,25,26)(H,28,29). The molecule has 4 rings (SSSR count). The van der Waals surface area contributed by atoms with Crippen molar-refractivity contribution in [2.75, 3.05) is 11.9 Å². The lowest BCUT2D eigenvalue weighted by atomic mass is 10.0. The van der Waals surface area contributed by atoms with Crippen LogP contribution in [0.1, 0.15) is 21.7 Å². The number of imidazole rings is 1. The molecular weight excluding hydrogens is 386 g/mol. The summed E-state index contributed by atoms with van der Waals surface area (Å²) in [5.41, 5.74) is 4.91. The Bertz CT molecular complexity index is 1200. The van der Waals surface area contributed by atoms with Gasteiger partial charge in [0.15, 0.2) is 0 Å². The fourth-order valence-electron chi connectivity index (χ4n) is 3.41. The van der Waals surface area contributed by atoms with Crippen molar-refractivity contribution in [3.63, 3.8) is 0 Å². The van der Waals surface area contributed by atoms with Crippen LogP contribution in [0.2, 0.25) is 5.02 Å². The largest absolute Gasteiger partial charge is 0.478 e. The number of halogens is 1. The Morgan fingerprint density at radius 3 is 2.59 bits per heavy atom. The number of hydrogen-bond acceptors (Lipinski definition) is 3. The van der Waals surface area contributed by atoms with Gasteiger partial charge in [0.25, 0.3) is 0 Å². The number of carboxylic acids is 1. The number of aromatic nitrogens is 2. The zero-order valence-electron chi connectivity index (χ0n) is 16.1.